The lowest BCUT2D eigenvalue weighted by atomic mass is 9.59. The molecule has 2 aliphatic rings. The van der Waals surface area contributed by atoms with Crippen molar-refractivity contribution in [2.45, 2.75) is 38.1 Å². The van der Waals surface area contributed by atoms with Gasteiger partial charge in [0.2, 0.25) is 0 Å². The van der Waals surface area contributed by atoms with Gasteiger partial charge in [0.1, 0.15) is 5.75 Å². The molecule has 0 atom stereocenters. The lowest BCUT2D eigenvalue weighted by Crippen LogP contribution is -2.58. The molecule has 1 saturated carbocycles. The SMILES string of the molecule is COc1c(C)cc(C)cc1C1(C2CC(N)C2)COC1. The largest absolute Gasteiger partial charge is 0.496 e. The summed E-state index contributed by atoms with van der Waals surface area (Å²) < 4.78 is 11.2. The van der Waals surface area contributed by atoms with Gasteiger partial charge in [0, 0.05) is 17.0 Å². The summed E-state index contributed by atoms with van der Waals surface area (Å²) in [6.07, 6.45) is 2.22. The zero-order chi connectivity index (χ0) is 13.6. The summed E-state index contributed by atoms with van der Waals surface area (Å²) in [4.78, 5) is 0. The number of hydrogen-bond acceptors (Lipinski definition) is 3. The van der Waals surface area contributed by atoms with Crippen LogP contribution in [0.15, 0.2) is 12.1 Å². The molecule has 1 aromatic carbocycles. The molecular weight excluding hydrogens is 238 g/mol. The van der Waals surface area contributed by atoms with Crippen LogP contribution in [0.5, 0.6) is 5.75 Å². The van der Waals surface area contributed by atoms with E-state index >= 15 is 0 Å². The third-order valence-electron chi connectivity index (χ3n) is 4.83. The fourth-order valence-electron chi connectivity index (χ4n) is 3.64. The van der Waals surface area contributed by atoms with Crippen molar-refractivity contribution in [1.82, 2.24) is 0 Å². The minimum atomic E-state index is 0.137. The molecule has 0 unspecified atom stereocenters. The molecule has 2 fully saturated rings. The third-order valence-corrected chi connectivity index (χ3v) is 4.83. The molecule has 3 heteroatoms. The minimum absolute atomic E-state index is 0.137. The Hall–Kier alpha value is -1.06. The fourth-order valence-corrected chi connectivity index (χ4v) is 3.64. The molecular formula is C16H23NO2. The van der Waals surface area contributed by atoms with Crippen molar-refractivity contribution in [2.24, 2.45) is 11.7 Å². The van der Waals surface area contributed by atoms with Crippen molar-refractivity contribution in [3.05, 3.63) is 28.8 Å². The number of rotatable bonds is 3. The lowest BCUT2D eigenvalue weighted by molar-refractivity contribution is -0.111. The molecule has 0 aromatic heterocycles. The Morgan fingerprint density at radius 3 is 2.42 bits per heavy atom. The Bertz CT molecular complexity index is 488. The topological polar surface area (TPSA) is 44.5 Å². The van der Waals surface area contributed by atoms with Crippen LogP contribution in [0, 0.1) is 19.8 Å². The van der Waals surface area contributed by atoms with Crippen LogP contribution in [0.3, 0.4) is 0 Å². The zero-order valence-electron chi connectivity index (χ0n) is 12.0. The first kappa shape index (κ1) is 12.9. The van der Waals surface area contributed by atoms with Crippen LogP contribution in [0.1, 0.15) is 29.5 Å². The van der Waals surface area contributed by atoms with Gasteiger partial charge in [-0.05, 0) is 38.2 Å². The molecule has 3 nitrogen and oxygen atoms in total. The summed E-state index contributed by atoms with van der Waals surface area (Å²) >= 11 is 0. The minimum Gasteiger partial charge on any atom is -0.496 e. The molecule has 2 N–H and O–H groups in total. The zero-order valence-corrected chi connectivity index (χ0v) is 12.0. The molecule has 19 heavy (non-hydrogen) atoms. The van der Waals surface area contributed by atoms with Crippen LogP contribution in [-0.2, 0) is 10.2 Å². The van der Waals surface area contributed by atoms with Crippen LogP contribution < -0.4 is 10.5 Å². The van der Waals surface area contributed by atoms with Gasteiger partial charge in [-0.2, -0.15) is 0 Å². The average Bonchev–Trinajstić information content (AvgIpc) is 2.24. The maximum absolute atomic E-state index is 5.98. The van der Waals surface area contributed by atoms with Crippen molar-refractivity contribution in [3.63, 3.8) is 0 Å². The second kappa shape index (κ2) is 4.50. The van der Waals surface area contributed by atoms with Gasteiger partial charge in [0.25, 0.3) is 0 Å². The van der Waals surface area contributed by atoms with Crippen molar-refractivity contribution < 1.29 is 9.47 Å². The highest BCUT2D eigenvalue weighted by atomic mass is 16.5. The Kier molecular flexibility index (Phi) is 3.06. The second-order valence-corrected chi connectivity index (χ2v) is 6.24. The molecule has 0 amide bonds. The predicted octanol–water partition coefficient (Wildman–Crippen LogP) is 2.32. The van der Waals surface area contributed by atoms with Crippen LogP contribution in [-0.4, -0.2) is 26.4 Å². The summed E-state index contributed by atoms with van der Waals surface area (Å²) in [7, 11) is 1.76. The Morgan fingerprint density at radius 1 is 1.26 bits per heavy atom. The molecule has 1 saturated heterocycles. The first-order valence-corrected chi connectivity index (χ1v) is 7.06. The predicted molar refractivity (Wildman–Crippen MR) is 75.7 cm³/mol. The quantitative estimate of drug-likeness (QED) is 0.908. The molecule has 1 aromatic rings. The van der Waals surface area contributed by atoms with Gasteiger partial charge in [-0.1, -0.05) is 17.7 Å². The molecule has 1 aliphatic carbocycles. The van der Waals surface area contributed by atoms with E-state index in [2.05, 4.69) is 26.0 Å². The first-order chi connectivity index (χ1) is 9.06. The smallest absolute Gasteiger partial charge is 0.125 e. The summed E-state index contributed by atoms with van der Waals surface area (Å²) in [5.41, 5.74) is 9.96. The first-order valence-electron chi connectivity index (χ1n) is 7.06. The van der Waals surface area contributed by atoms with E-state index < -0.39 is 0 Å². The van der Waals surface area contributed by atoms with Gasteiger partial charge in [-0.15, -0.1) is 0 Å². The molecule has 0 radical (unpaired) electrons. The van der Waals surface area contributed by atoms with E-state index in [-0.39, 0.29) is 5.41 Å². The number of nitrogens with two attached hydrogens (primary N) is 1. The third kappa shape index (κ3) is 1.87. The highest BCUT2D eigenvalue weighted by Gasteiger charge is 2.52. The standard InChI is InChI=1S/C16H23NO2/c1-10-4-11(2)15(18-3)14(5-10)16(8-19-9-16)12-6-13(17)7-12/h4-5,12-13H,6-9,17H2,1-3H3. The maximum atomic E-state index is 5.98. The number of hydrogen-bond donors (Lipinski definition) is 1. The Morgan fingerprint density at radius 2 is 1.95 bits per heavy atom. The van der Waals surface area contributed by atoms with Gasteiger partial charge in [0.15, 0.2) is 0 Å². The van der Waals surface area contributed by atoms with Gasteiger partial charge in [0.05, 0.1) is 20.3 Å². The van der Waals surface area contributed by atoms with Crippen LogP contribution in [0.2, 0.25) is 0 Å². The van der Waals surface area contributed by atoms with Gasteiger partial charge < -0.3 is 15.2 Å². The maximum Gasteiger partial charge on any atom is 0.125 e. The highest BCUT2D eigenvalue weighted by Crippen LogP contribution is 2.51. The van der Waals surface area contributed by atoms with Crippen LogP contribution >= 0.6 is 0 Å². The average molecular weight is 261 g/mol. The van der Waals surface area contributed by atoms with E-state index in [1.165, 1.54) is 16.7 Å². The summed E-state index contributed by atoms with van der Waals surface area (Å²) in [5.74, 6) is 1.68. The monoisotopic (exact) mass is 261 g/mol. The van der Waals surface area contributed by atoms with E-state index in [0.717, 1.165) is 31.8 Å². The molecule has 1 aliphatic heterocycles. The van der Waals surface area contributed by atoms with Gasteiger partial charge in [-0.25, -0.2) is 0 Å². The highest BCUT2D eigenvalue weighted by molar-refractivity contribution is 5.49. The number of ether oxygens (including phenoxy) is 2. The fraction of sp³-hybridized carbons (Fsp3) is 0.625. The number of methoxy groups -OCH3 is 1. The molecule has 3 rings (SSSR count). The van der Waals surface area contributed by atoms with E-state index in [4.69, 9.17) is 15.2 Å². The van der Waals surface area contributed by atoms with E-state index in [1.54, 1.807) is 7.11 Å². The van der Waals surface area contributed by atoms with Gasteiger partial charge >= 0.3 is 0 Å². The van der Waals surface area contributed by atoms with Crippen molar-refractivity contribution >= 4 is 0 Å². The Labute approximate surface area is 115 Å². The van der Waals surface area contributed by atoms with Crippen LogP contribution in [0.25, 0.3) is 0 Å². The van der Waals surface area contributed by atoms with Crippen molar-refractivity contribution in [1.29, 1.82) is 0 Å². The van der Waals surface area contributed by atoms with E-state index in [0.29, 0.717) is 12.0 Å². The molecule has 0 bridgehead atoms. The number of benzene rings is 1. The normalized spacial score (nSPS) is 28.4. The summed E-state index contributed by atoms with van der Waals surface area (Å²) in [6, 6.07) is 4.83. The van der Waals surface area contributed by atoms with E-state index in [9.17, 15) is 0 Å². The van der Waals surface area contributed by atoms with Gasteiger partial charge in [-0.3, -0.25) is 0 Å². The molecule has 1 heterocycles. The summed E-state index contributed by atoms with van der Waals surface area (Å²) in [6.45, 7) is 5.89. The lowest BCUT2D eigenvalue weighted by Gasteiger charge is -2.53. The van der Waals surface area contributed by atoms with Crippen molar-refractivity contribution in [2.75, 3.05) is 20.3 Å². The second-order valence-electron chi connectivity index (χ2n) is 6.24. The van der Waals surface area contributed by atoms with E-state index in [1.807, 2.05) is 0 Å². The van der Waals surface area contributed by atoms with Crippen LogP contribution in [0.4, 0.5) is 0 Å². The molecule has 104 valence electrons. The Balaban J connectivity index is 2.04. The molecule has 0 spiro atoms. The summed E-state index contributed by atoms with van der Waals surface area (Å²) in [5, 5.41) is 0. The van der Waals surface area contributed by atoms with Crippen molar-refractivity contribution in [3.8, 4) is 5.75 Å². The number of aryl methyl sites for hydroxylation is 2.